The maximum Gasteiger partial charge on any atom is 0.244 e. The third kappa shape index (κ3) is 3.34. The molecule has 0 saturated carbocycles. The minimum absolute atomic E-state index is 0.175. The summed E-state index contributed by atoms with van der Waals surface area (Å²) in [6.45, 7) is 0.175. The first-order valence-corrected chi connectivity index (χ1v) is 8.46. The maximum absolute atomic E-state index is 12.2. The van der Waals surface area contributed by atoms with E-state index >= 15 is 0 Å². The largest absolute Gasteiger partial charge is 0.454 e. The van der Waals surface area contributed by atoms with Crippen LogP contribution in [-0.2, 0) is 11.2 Å². The van der Waals surface area contributed by atoms with E-state index < -0.39 is 0 Å². The number of carbonyl (C=O) groups excluding carboxylic acids is 1. The molecule has 0 saturated heterocycles. The molecule has 0 aliphatic carbocycles. The van der Waals surface area contributed by atoms with Crippen LogP contribution in [0, 0.1) is 0 Å². The Kier molecular flexibility index (Phi) is 4.46. The fourth-order valence-electron chi connectivity index (χ4n) is 2.86. The Morgan fingerprint density at radius 3 is 2.77 bits per heavy atom. The summed E-state index contributed by atoms with van der Waals surface area (Å²) in [6.07, 6.45) is 1.73. The number of hydrazone groups is 1. The van der Waals surface area contributed by atoms with Crippen LogP contribution >= 0.6 is 11.6 Å². The fraction of sp³-hybridized carbons (Fsp3) is 0.100. The standard InChI is InChI=1S/C20H15ClN2O3/c21-17-10-19-18(25-12-26-19)8-15(17)11-22-23-20(24)9-14-6-3-5-13-4-1-2-7-16(13)14/h1-8,10-11H,9,12H2,(H,23,24)/b22-11+. The van der Waals surface area contributed by atoms with Gasteiger partial charge in [-0.25, -0.2) is 5.43 Å². The zero-order valence-corrected chi connectivity index (χ0v) is 14.5. The van der Waals surface area contributed by atoms with Crippen LogP contribution in [0.1, 0.15) is 11.1 Å². The lowest BCUT2D eigenvalue weighted by atomic mass is 10.0. The van der Waals surface area contributed by atoms with E-state index in [1.54, 1.807) is 12.1 Å². The Hall–Kier alpha value is -3.05. The molecule has 0 radical (unpaired) electrons. The minimum atomic E-state index is -0.200. The molecular formula is C20H15ClN2O3. The highest BCUT2D eigenvalue weighted by atomic mass is 35.5. The SMILES string of the molecule is O=C(Cc1cccc2ccccc12)N/N=C/c1cc2c(cc1Cl)OCO2. The van der Waals surface area contributed by atoms with Gasteiger partial charge in [0.05, 0.1) is 17.7 Å². The molecule has 0 fully saturated rings. The highest BCUT2D eigenvalue weighted by Gasteiger charge is 2.15. The monoisotopic (exact) mass is 366 g/mol. The molecule has 3 aromatic carbocycles. The summed E-state index contributed by atoms with van der Waals surface area (Å²) >= 11 is 6.18. The van der Waals surface area contributed by atoms with Crippen molar-refractivity contribution in [2.45, 2.75) is 6.42 Å². The number of hydrogen-bond donors (Lipinski definition) is 1. The van der Waals surface area contributed by atoms with E-state index in [1.807, 2.05) is 42.5 Å². The Labute approximate surface area is 155 Å². The molecular weight excluding hydrogens is 352 g/mol. The number of rotatable bonds is 4. The molecule has 4 rings (SSSR count). The molecule has 0 bridgehead atoms. The van der Waals surface area contributed by atoms with E-state index in [0.717, 1.165) is 16.3 Å². The van der Waals surface area contributed by atoms with Crippen molar-refractivity contribution in [2.24, 2.45) is 5.10 Å². The van der Waals surface area contributed by atoms with Crippen molar-refractivity contribution in [1.29, 1.82) is 0 Å². The number of benzene rings is 3. The molecule has 5 nitrogen and oxygen atoms in total. The Morgan fingerprint density at radius 2 is 1.88 bits per heavy atom. The van der Waals surface area contributed by atoms with Crippen molar-refractivity contribution < 1.29 is 14.3 Å². The first-order chi connectivity index (χ1) is 12.7. The topological polar surface area (TPSA) is 59.9 Å². The molecule has 0 unspecified atom stereocenters. The maximum atomic E-state index is 12.2. The predicted molar refractivity (Wildman–Crippen MR) is 101 cm³/mol. The number of hydrogen-bond acceptors (Lipinski definition) is 4. The van der Waals surface area contributed by atoms with Crippen LogP contribution in [0.4, 0.5) is 0 Å². The summed E-state index contributed by atoms with van der Waals surface area (Å²) in [5.41, 5.74) is 4.13. The number of nitrogens with zero attached hydrogens (tertiary/aromatic N) is 1. The van der Waals surface area contributed by atoms with Crippen molar-refractivity contribution in [3.8, 4) is 11.5 Å². The number of carbonyl (C=O) groups is 1. The predicted octanol–water partition coefficient (Wildman–Crippen LogP) is 3.91. The van der Waals surface area contributed by atoms with Gasteiger partial charge in [0.15, 0.2) is 11.5 Å². The van der Waals surface area contributed by atoms with E-state index in [9.17, 15) is 4.79 Å². The van der Waals surface area contributed by atoms with E-state index in [-0.39, 0.29) is 19.1 Å². The van der Waals surface area contributed by atoms with Crippen molar-refractivity contribution in [3.05, 3.63) is 70.7 Å². The normalized spacial score (nSPS) is 12.7. The van der Waals surface area contributed by atoms with Gasteiger partial charge >= 0.3 is 0 Å². The molecule has 0 aromatic heterocycles. The van der Waals surface area contributed by atoms with Gasteiger partial charge in [-0.1, -0.05) is 54.1 Å². The van der Waals surface area contributed by atoms with Gasteiger partial charge in [-0.2, -0.15) is 5.10 Å². The van der Waals surface area contributed by atoms with Crippen LogP contribution in [0.15, 0.2) is 59.7 Å². The van der Waals surface area contributed by atoms with Crippen LogP contribution in [0.2, 0.25) is 5.02 Å². The van der Waals surface area contributed by atoms with Gasteiger partial charge in [0.2, 0.25) is 12.7 Å². The number of fused-ring (bicyclic) bond motifs is 2. The van der Waals surface area contributed by atoms with E-state index in [4.69, 9.17) is 21.1 Å². The summed E-state index contributed by atoms with van der Waals surface area (Å²) in [5, 5.41) is 6.64. The first kappa shape index (κ1) is 16.4. The van der Waals surface area contributed by atoms with Gasteiger partial charge in [0.25, 0.3) is 0 Å². The van der Waals surface area contributed by atoms with Gasteiger partial charge in [-0.3, -0.25) is 4.79 Å². The van der Waals surface area contributed by atoms with Crippen LogP contribution in [0.3, 0.4) is 0 Å². The van der Waals surface area contributed by atoms with Crippen molar-refractivity contribution in [2.75, 3.05) is 6.79 Å². The Balaban J connectivity index is 1.45. The van der Waals surface area contributed by atoms with Crippen LogP contribution in [0.25, 0.3) is 10.8 Å². The van der Waals surface area contributed by atoms with Gasteiger partial charge in [0, 0.05) is 11.6 Å². The average molecular weight is 367 g/mol. The molecule has 3 aromatic rings. The number of nitrogens with one attached hydrogen (secondary N) is 1. The van der Waals surface area contributed by atoms with Gasteiger partial charge in [-0.05, 0) is 22.4 Å². The number of ether oxygens (including phenoxy) is 2. The van der Waals surface area contributed by atoms with Crippen LogP contribution in [-0.4, -0.2) is 18.9 Å². The summed E-state index contributed by atoms with van der Waals surface area (Å²) in [5.74, 6) is 1.01. The minimum Gasteiger partial charge on any atom is -0.454 e. The number of halogens is 1. The third-order valence-corrected chi connectivity index (χ3v) is 4.44. The zero-order valence-electron chi connectivity index (χ0n) is 13.7. The average Bonchev–Trinajstić information content (AvgIpc) is 3.09. The molecule has 6 heteroatoms. The first-order valence-electron chi connectivity index (χ1n) is 8.08. The molecule has 1 heterocycles. The molecule has 0 atom stereocenters. The lowest BCUT2D eigenvalue weighted by Crippen LogP contribution is -2.19. The summed E-state index contributed by atoms with van der Waals surface area (Å²) < 4.78 is 10.6. The Bertz CT molecular complexity index is 1010. The zero-order chi connectivity index (χ0) is 17.9. The molecule has 1 aliphatic rings. The van der Waals surface area contributed by atoms with Crippen molar-refractivity contribution in [1.82, 2.24) is 5.43 Å². The summed E-state index contributed by atoms with van der Waals surface area (Å²) in [4.78, 5) is 12.2. The van der Waals surface area contributed by atoms with Crippen molar-refractivity contribution in [3.63, 3.8) is 0 Å². The summed E-state index contributed by atoms with van der Waals surface area (Å²) in [6, 6.07) is 17.3. The van der Waals surface area contributed by atoms with Gasteiger partial charge in [0.1, 0.15) is 0 Å². The van der Waals surface area contributed by atoms with Crippen LogP contribution < -0.4 is 14.9 Å². The van der Waals surface area contributed by atoms with Gasteiger partial charge in [-0.15, -0.1) is 0 Å². The van der Waals surface area contributed by atoms with E-state index in [1.165, 1.54) is 6.21 Å². The molecule has 1 amide bonds. The Morgan fingerprint density at radius 1 is 1.12 bits per heavy atom. The van der Waals surface area contributed by atoms with Gasteiger partial charge < -0.3 is 9.47 Å². The second kappa shape index (κ2) is 7.06. The van der Waals surface area contributed by atoms with Crippen LogP contribution in [0.5, 0.6) is 11.5 Å². The number of amides is 1. The van der Waals surface area contributed by atoms with Crippen molar-refractivity contribution >= 4 is 34.5 Å². The molecule has 1 N–H and O–H groups in total. The highest BCUT2D eigenvalue weighted by molar-refractivity contribution is 6.33. The fourth-order valence-corrected chi connectivity index (χ4v) is 3.07. The smallest absolute Gasteiger partial charge is 0.244 e. The van der Waals surface area contributed by atoms with E-state index in [2.05, 4.69) is 10.5 Å². The second-order valence-corrected chi connectivity index (χ2v) is 6.24. The molecule has 130 valence electrons. The highest BCUT2D eigenvalue weighted by Crippen LogP contribution is 2.36. The summed E-state index contributed by atoms with van der Waals surface area (Å²) in [7, 11) is 0. The molecule has 1 aliphatic heterocycles. The molecule has 26 heavy (non-hydrogen) atoms. The van der Waals surface area contributed by atoms with E-state index in [0.29, 0.717) is 22.1 Å². The lowest BCUT2D eigenvalue weighted by molar-refractivity contribution is -0.120. The lowest BCUT2D eigenvalue weighted by Gasteiger charge is -2.05. The third-order valence-electron chi connectivity index (χ3n) is 4.12. The quantitative estimate of drug-likeness (QED) is 0.562. The second-order valence-electron chi connectivity index (χ2n) is 5.84. The molecule has 0 spiro atoms.